The summed E-state index contributed by atoms with van der Waals surface area (Å²) in [5, 5.41) is 11.7. The Morgan fingerprint density at radius 3 is 1.52 bits per heavy atom. The van der Waals surface area contributed by atoms with E-state index in [4.69, 9.17) is 4.84 Å². The minimum Gasteiger partial charge on any atom is -0.389 e. The molecule has 2 atom stereocenters. The number of hydrogen-bond acceptors (Lipinski definition) is 3. The van der Waals surface area contributed by atoms with Crippen molar-refractivity contribution in [3.63, 3.8) is 0 Å². The number of hydrogen-bond donors (Lipinski definition) is 1. The first-order valence-corrected chi connectivity index (χ1v) is 10.6. The summed E-state index contributed by atoms with van der Waals surface area (Å²) in [6, 6.07) is 17.2. The van der Waals surface area contributed by atoms with E-state index in [9.17, 15) is 5.11 Å². The van der Waals surface area contributed by atoms with Gasteiger partial charge in [-0.3, -0.25) is 4.84 Å². The maximum Gasteiger partial charge on any atom is 0.104 e. The van der Waals surface area contributed by atoms with E-state index >= 15 is 0 Å². The smallest absolute Gasteiger partial charge is 0.104 e. The second-order valence-electron chi connectivity index (χ2n) is 10.1. The Morgan fingerprint density at radius 2 is 1.17 bits per heavy atom. The van der Waals surface area contributed by atoms with Gasteiger partial charge in [-0.1, -0.05) is 78.0 Å². The standard InChI is InChI=1S/C26H35NO2/c1-25(2,3)19-7-11-21(12-8-19)27(29-24-17-15-23(28)16-18-24)22-13-9-20(10-14-22)26(4,5)6/h7-15,17,23-24,28H,16,18H2,1-6H3/t23-,24+/m0/s1. The summed E-state index contributed by atoms with van der Waals surface area (Å²) in [5.74, 6) is 0. The lowest BCUT2D eigenvalue weighted by molar-refractivity contribution is 0.0610. The number of anilines is 2. The summed E-state index contributed by atoms with van der Waals surface area (Å²) in [6.07, 6.45) is 4.91. The molecule has 1 aliphatic carbocycles. The molecule has 0 heterocycles. The van der Waals surface area contributed by atoms with Gasteiger partial charge in [-0.15, -0.1) is 0 Å². The highest BCUT2D eigenvalue weighted by Gasteiger charge is 2.21. The molecule has 0 bridgehead atoms. The van der Waals surface area contributed by atoms with Crippen molar-refractivity contribution >= 4 is 11.4 Å². The number of aliphatic hydroxyl groups is 1. The van der Waals surface area contributed by atoms with E-state index in [2.05, 4.69) is 90.1 Å². The van der Waals surface area contributed by atoms with Crippen molar-refractivity contribution in [3.8, 4) is 0 Å². The predicted octanol–water partition coefficient (Wildman–Crippen LogP) is 6.43. The molecule has 29 heavy (non-hydrogen) atoms. The van der Waals surface area contributed by atoms with E-state index in [1.54, 1.807) is 0 Å². The van der Waals surface area contributed by atoms with E-state index in [-0.39, 0.29) is 23.0 Å². The van der Waals surface area contributed by atoms with Gasteiger partial charge in [0.1, 0.15) is 6.10 Å². The van der Waals surface area contributed by atoms with Gasteiger partial charge in [0, 0.05) is 0 Å². The number of benzene rings is 2. The second kappa shape index (κ2) is 8.33. The lowest BCUT2D eigenvalue weighted by Crippen LogP contribution is -2.28. The highest BCUT2D eigenvalue weighted by molar-refractivity contribution is 5.61. The Bertz CT molecular complexity index is 765. The number of rotatable bonds is 4. The maximum atomic E-state index is 9.75. The topological polar surface area (TPSA) is 32.7 Å². The third-order valence-electron chi connectivity index (χ3n) is 5.47. The van der Waals surface area contributed by atoms with Crippen molar-refractivity contribution in [3.05, 3.63) is 71.8 Å². The van der Waals surface area contributed by atoms with Crippen molar-refractivity contribution in [2.24, 2.45) is 0 Å². The minimum atomic E-state index is -0.361. The van der Waals surface area contributed by atoms with Gasteiger partial charge in [-0.25, -0.2) is 5.06 Å². The molecule has 0 aliphatic heterocycles. The average Bonchev–Trinajstić information content (AvgIpc) is 2.66. The van der Waals surface area contributed by atoms with Crippen LogP contribution in [0.15, 0.2) is 60.7 Å². The van der Waals surface area contributed by atoms with Crippen molar-refractivity contribution < 1.29 is 9.94 Å². The molecule has 3 rings (SSSR count). The molecule has 0 fully saturated rings. The van der Waals surface area contributed by atoms with Crippen molar-refractivity contribution in [1.29, 1.82) is 0 Å². The van der Waals surface area contributed by atoms with Crippen LogP contribution in [0.1, 0.15) is 65.5 Å². The highest BCUT2D eigenvalue weighted by Crippen LogP contribution is 2.33. The van der Waals surface area contributed by atoms with E-state index in [0.29, 0.717) is 0 Å². The van der Waals surface area contributed by atoms with Crippen LogP contribution in [0.3, 0.4) is 0 Å². The summed E-state index contributed by atoms with van der Waals surface area (Å²) in [5.41, 5.74) is 4.82. The van der Waals surface area contributed by atoms with Crippen LogP contribution in [0, 0.1) is 0 Å². The van der Waals surface area contributed by atoms with Gasteiger partial charge < -0.3 is 5.11 Å². The van der Waals surface area contributed by atoms with Crippen LogP contribution >= 0.6 is 0 Å². The molecule has 0 radical (unpaired) electrons. The van der Waals surface area contributed by atoms with Crippen molar-refractivity contribution in [2.45, 2.75) is 77.4 Å². The van der Waals surface area contributed by atoms with Gasteiger partial charge in [0.05, 0.1) is 17.5 Å². The highest BCUT2D eigenvalue weighted by atomic mass is 16.7. The molecular formula is C26H35NO2. The number of nitrogens with zero attached hydrogens (tertiary/aromatic N) is 1. The second-order valence-corrected chi connectivity index (χ2v) is 10.1. The Balaban J connectivity index is 1.92. The largest absolute Gasteiger partial charge is 0.389 e. The third kappa shape index (κ3) is 5.49. The van der Waals surface area contributed by atoms with Crippen molar-refractivity contribution in [2.75, 3.05) is 5.06 Å². The molecule has 1 N–H and O–H groups in total. The Hall–Kier alpha value is -2.10. The summed E-state index contributed by atoms with van der Waals surface area (Å²) in [7, 11) is 0. The molecule has 0 unspecified atom stereocenters. The zero-order valence-electron chi connectivity index (χ0n) is 18.6. The molecular weight excluding hydrogens is 358 g/mol. The maximum absolute atomic E-state index is 9.75. The van der Waals surface area contributed by atoms with Crippen molar-refractivity contribution in [1.82, 2.24) is 0 Å². The molecule has 0 saturated heterocycles. The van der Waals surface area contributed by atoms with Gasteiger partial charge in [-0.05, 0) is 59.1 Å². The minimum absolute atomic E-state index is 0.0528. The Kier molecular flexibility index (Phi) is 6.21. The van der Waals surface area contributed by atoms with Crippen LogP contribution in [-0.4, -0.2) is 17.3 Å². The third-order valence-corrected chi connectivity index (χ3v) is 5.47. The van der Waals surface area contributed by atoms with Crippen LogP contribution in [0.2, 0.25) is 0 Å². The Morgan fingerprint density at radius 1 is 0.724 bits per heavy atom. The van der Waals surface area contributed by atoms with E-state index < -0.39 is 0 Å². The summed E-state index contributed by atoms with van der Waals surface area (Å²) < 4.78 is 0. The lowest BCUT2D eigenvalue weighted by Gasteiger charge is -2.31. The SMILES string of the molecule is CC(C)(C)c1ccc(N(O[C@@H]2C=C[C@H](O)CC2)c2ccc(C(C)(C)C)cc2)cc1. The van der Waals surface area contributed by atoms with E-state index in [1.807, 2.05) is 17.2 Å². The first-order chi connectivity index (χ1) is 13.5. The molecule has 3 heteroatoms. The predicted molar refractivity (Wildman–Crippen MR) is 122 cm³/mol. The molecule has 0 saturated carbocycles. The molecule has 3 nitrogen and oxygen atoms in total. The molecule has 0 amide bonds. The zero-order chi connectivity index (χ0) is 21.2. The van der Waals surface area contributed by atoms with Crippen LogP contribution in [0.5, 0.6) is 0 Å². The fraction of sp³-hybridized carbons (Fsp3) is 0.462. The van der Waals surface area contributed by atoms with Crippen LogP contribution in [-0.2, 0) is 15.7 Å². The first kappa shape index (κ1) is 21.6. The van der Waals surface area contributed by atoms with E-state index in [1.165, 1.54) is 11.1 Å². The van der Waals surface area contributed by atoms with Crippen LogP contribution in [0.25, 0.3) is 0 Å². The molecule has 156 valence electrons. The quantitative estimate of drug-likeness (QED) is 0.480. The van der Waals surface area contributed by atoms with Gasteiger partial charge >= 0.3 is 0 Å². The summed E-state index contributed by atoms with van der Waals surface area (Å²) in [6.45, 7) is 13.3. The number of aliphatic hydroxyl groups excluding tert-OH is 1. The monoisotopic (exact) mass is 393 g/mol. The lowest BCUT2D eigenvalue weighted by atomic mass is 9.87. The first-order valence-electron chi connectivity index (χ1n) is 10.6. The zero-order valence-corrected chi connectivity index (χ0v) is 18.6. The summed E-state index contributed by atoms with van der Waals surface area (Å²) >= 11 is 0. The Labute approximate surface area is 176 Å². The average molecular weight is 394 g/mol. The van der Waals surface area contributed by atoms with E-state index in [0.717, 1.165) is 24.2 Å². The molecule has 2 aromatic rings. The molecule has 1 aliphatic rings. The molecule has 2 aromatic carbocycles. The molecule has 0 spiro atoms. The van der Waals surface area contributed by atoms with Crippen LogP contribution < -0.4 is 5.06 Å². The normalized spacial score (nSPS) is 20.0. The van der Waals surface area contributed by atoms with Gasteiger partial charge in [-0.2, -0.15) is 0 Å². The van der Waals surface area contributed by atoms with Gasteiger partial charge in [0.2, 0.25) is 0 Å². The van der Waals surface area contributed by atoms with Crippen LogP contribution in [0.4, 0.5) is 11.4 Å². The molecule has 0 aromatic heterocycles. The van der Waals surface area contributed by atoms with Gasteiger partial charge in [0.25, 0.3) is 0 Å². The van der Waals surface area contributed by atoms with Gasteiger partial charge in [0.15, 0.2) is 0 Å². The fourth-order valence-electron chi connectivity index (χ4n) is 3.47. The fourth-order valence-corrected chi connectivity index (χ4v) is 3.47. The summed E-state index contributed by atoms with van der Waals surface area (Å²) in [4.78, 5) is 6.40.